The van der Waals surface area contributed by atoms with E-state index in [2.05, 4.69) is 38.4 Å². The highest BCUT2D eigenvalue weighted by molar-refractivity contribution is 5.46. The Morgan fingerprint density at radius 2 is 2.00 bits per heavy atom. The molecule has 1 aromatic rings. The minimum absolute atomic E-state index is 0.144. The molecule has 0 amide bonds. The molecule has 2 nitrogen and oxygen atoms in total. The van der Waals surface area contributed by atoms with Crippen LogP contribution < -0.4 is 4.90 Å². The number of pyridine rings is 1. The Bertz CT molecular complexity index is 369. The third kappa shape index (κ3) is 2.96. The van der Waals surface area contributed by atoms with Crippen molar-refractivity contribution in [3.63, 3.8) is 0 Å². The van der Waals surface area contributed by atoms with Gasteiger partial charge < -0.3 is 4.90 Å². The van der Waals surface area contributed by atoms with Crippen molar-refractivity contribution >= 4 is 5.82 Å². The molecular weight excluding hydrogens is 196 g/mol. The zero-order valence-corrected chi connectivity index (χ0v) is 10.6. The normalized spacial score (nSPS) is 11.8. The molecule has 0 aliphatic rings. The quantitative estimate of drug-likeness (QED) is 0.762. The van der Waals surface area contributed by atoms with Gasteiger partial charge >= 0.3 is 0 Å². The predicted molar refractivity (Wildman–Crippen MR) is 70.4 cm³/mol. The molecule has 16 heavy (non-hydrogen) atoms. The van der Waals surface area contributed by atoms with Crippen LogP contribution in [0.4, 0.5) is 5.82 Å². The largest absolute Gasteiger partial charge is 0.310 e. The molecule has 1 heterocycles. The number of allylic oxidation sites excluding steroid dienone is 1. The van der Waals surface area contributed by atoms with E-state index < -0.39 is 0 Å². The summed E-state index contributed by atoms with van der Waals surface area (Å²) in [7, 11) is 0. The summed E-state index contributed by atoms with van der Waals surface area (Å²) in [4.78, 5) is 6.33. The molecule has 86 valence electrons. The fourth-order valence-electron chi connectivity index (χ4n) is 1.37. The maximum atomic E-state index is 4.44. The average molecular weight is 216 g/mol. The smallest absolute Gasteiger partial charge is 0.136 e. The van der Waals surface area contributed by atoms with Gasteiger partial charge in [-0.3, -0.25) is 0 Å². The highest BCUT2D eigenvalue weighted by atomic mass is 15.1. The minimum Gasteiger partial charge on any atom is -0.310 e. The first-order valence-electron chi connectivity index (χ1n) is 5.49. The van der Waals surface area contributed by atoms with E-state index in [1.54, 1.807) is 6.20 Å². The summed E-state index contributed by atoms with van der Waals surface area (Å²) in [5, 5.41) is 0. The Balaban J connectivity index is 2.98. The van der Waals surface area contributed by atoms with Crippen LogP contribution in [0, 0.1) is 0 Å². The summed E-state index contributed by atoms with van der Waals surface area (Å²) in [6.07, 6.45) is 7.57. The van der Waals surface area contributed by atoms with Gasteiger partial charge in [0.25, 0.3) is 0 Å². The molecule has 1 rings (SSSR count). The van der Waals surface area contributed by atoms with Gasteiger partial charge in [-0.15, -0.1) is 0 Å². The lowest BCUT2D eigenvalue weighted by molar-refractivity contribution is 0.587. The number of hydrogen-bond donors (Lipinski definition) is 0. The summed E-state index contributed by atoms with van der Waals surface area (Å²) < 4.78 is 0. The molecule has 1 aromatic heterocycles. The average Bonchev–Trinajstić information content (AvgIpc) is 2.25. The topological polar surface area (TPSA) is 16.1 Å². The lowest BCUT2D eigenvalue weighted by Crippen LogP contribution is -2.13. The number of anilines is 1. The van der Waals surface area contributed by atoms with E-state index in [1.165, 1.54) is 5.56 Å². The molecule has 0 aliphatic heterocycles. The Morgan fingerprint density at radius 3 is 2.38 bits per heavy atom. The Hall–Kier alpha value is -1.57. The van der Waals surface area contributed by atoms with Gasteiger partial charge in [0.2, 0.25) is 0 Å². The van der Waals surface area contributed by atoms with Crippen LogP contribution in [-0.4, -0.2) is 4.98 Å². The molecule has 0 atom stereocenters. The van der Waals surface area contributed by atoms with Gasteiger partial charge in [-0.2, -0.15) is 0 Å². The van der Waals surface area contributed by atoms with Crippen LogP contribution in [0.5, 0.6) is 0 Å². The summed E-state index contributed by atoms with van der Waals surface area (Å²) in [5.74, 6) is 0.890. The standard InChI is InChI=1S/C14H20N2/c1-6-10-16(7-2)13-9-8-12(11-15-13)14(3,4)5/h6-11H,2H2,1,3-5H3/b10-6-. The number of hydrogen-bond acceptors (Lipinski definition) is 2. The van der Waals surface area contributed by atoms with Gasteiger partial charge in [-0.25, -0.2) is 4.98 Å². The molecule has 0 unspecified atom stereocenters. The Kier molecular flexibility index (Phi) is 3.88. The first-order chi connectivity index (χ1) is 7.49. The van der Waals surface area contributed by atoms with Crippen molar-refractivity contribution in [1.82, 2.24) is 4.98 Å². The van der Waals surface area contributed by atoms with Crippen molar-refractivity contribution in [3.8, 4) is 0 Å². The van der Waals surface area contributed by atoms with Gasteiger partial charge in [0.05, 0.1) is 0 Å². The number of nitrogens with zero attached hydrogens (tertiary/aromatic N) is 2. The second kappa shape index (κ2) is 4.97. The summed E-state index contributed by atoms with van der Waals surface area (Å²) in [6.45, 7) is 12.3. The molecule has 0 aliphatic carbocycles. The van der Waals surface area contributed by atoms with Crippen LogP contribution in [0.2, 0.25) is 0 Å². The molecule has 0 radical (unpaired) electrons. The number of aromatic nitrogens is 1. The summed E-state index contributed by atoms with van der Waals surface area (Å²) in [5.41, 5.74) is 1.38. The van der Waals surface area contributed by atoms with Gasteiger partial charge in [0.15, 0.2) is 0 Å². The lowest BCUT2D eigenvalue weighted by atomic mass is 9.88. The third-order valence-electron chi connectivity index (χ3n) is 2.38. The first kappa shape index (κ1) is 12.5. The zero-order valence-electron chi connectivity index (χ0n) is 10.6. The van der Waals surface area contributed by atoms with Gasteiger partial charge in [-0.1, -0.05) is 39.5 Å². The van der Waals surface area contributed by atoms with E-state index in [1.807, 2.05) is 36.4 Å². The molecule has 2 heteroatoms. The monoisotopic (exact) mass is 216 g/mol. The van der Waals surface area contributed by atoms with E-state index in [-0.39, 0.29) is 5.41 Å². The molecule has 0 aromatic carbocycles. The van der Waals surface area contributed by atoms with Crippen molar-refractivity contribution in [2.24, 2.45) is 0 Å². The number of rotatable bonds is 3. The van der Waals surface area contributed by atoms with Crippen molar-refractivity contribution in [1.29, 1.82) is 0 Å². The summed E-state index contributed by atoms with van der Waals surface area (Å²) in [6, 6.07) is 4.13. The van der Waals surface area contributed by atoms with Gasteiger partial charge in [0, 0.05) is 18.6 Å². The molecule has 0 spiro atoms. The van der Waals surface area contributed by atoms with E-state index >= 15 is 0 Å². The van der Waals surface area contributed by atoms with Crippen LogP contribution >= 0.6 is 0 Å². The van der Waals surface area contributed by atoms with Crippen LogP contribution in [0.3, 0.4) is 0 Å². The van der Waals surface area contributed by atoms with Crippen LogP contribution in [0.1, 0.15) is 33.3 Å². The second-order valence-electron chi connectivity index (χ2n) is 4.73. The van der Waals surface area contributed by atoms with Crippen molar-refractivity contribution in [3.05, 3.63) is 48.9 Å². The van der Waals surface area contributed by atoms with Crippen LogP contribution in [0.15, 0.2) is 43.4 Å². The zero-order chi connectivity index (χ0) is 12.2. The highest BCUT2D eigenvalue weighted by Crippen LogP contribution is 2.23. The van der Waals surface area contributed by atoms with Crippen LogP contribution in [0.25, 0.3) is 0 Å². The highest BCUT2D eigenvalue weighted by Gasteiger charge is 2.13. The SMILES string of the molecule is C=CN(/C=C\C)c1ccc(C(C)(C)C)cn1. The van der Waals surface area contributed by atoms with Gasteiger partial charge in [0.1, 0.15) is 5.82 Å². The Morgan fingerprint density at radius 1 is 1.31 bits per heavy atom. The third-order valence-corrected chi connectivity index (χ3v) is 2.38. The summed E-state index contributed by atoms with van der Waals surface area (Å²) >= 11 is 0. The maximum Gasteiger partial charge on any atom is 0.136 e. The Labute approximate surface area is 98.3 Å². The van der Waals surface area contributed by atoms with E-state index in [9.17, 15) is 0 Å². The van der Waals surface area contributed by atoms with E-state index in [0.29, 0.717) is 0 Å². The molecule has 0 fully saturated rings. The van der Waals surface area contributed by atoms with Crippen molar-refractivity contribution in [2.45, 2.75) is 33.1 Å². The fraction of sp³-hybridized carbons (Fsp3) is 0.357. The fourth-order valence-corrected chi connectivity index (χ4v) is 1.37. The van der Waals surface area contributed by atoms with E-state index in [0.717, 1.165) is 5.82 Å². The molecule has 0 saturated heterocycles. The van der Waals surface area contributed by atoms with Gasteiger partial charge in [-0.05, 0) is 24.0 Å². The van der Waals surface area contributed by atoms with Crippen molar-refractivity contribution < 1.29 is 0 Å². The minimum atomic E-state index is 0.144. The molecular formula is C14H20N2. The second-order valence-corrected chi connectivity index (χ2v) is 4.73. The van der Waals surface area contributed by atoms with E-state index in [4.69, 9.17) is 0 Å². The lowest BCUT2D eigenvalue weighted by Gasteiger charge is -2.20. The predicted octanol–water partition coefficient (Wildman–Crippen LogP) is 3.86. The maximum absolute atomic E-state index is 4.44. The van der Waals surface area contributed by atoms with Crippen LogP contribution in [-0.2, 0) is 5.41 Å². The molecule has 0 bridgehead atoms. The van der Waals surface area contributed by atoms with Crippen molar-refractivity contribution in [2.75, 3.05) is 4.90 Å². The molecule has 0 N–H and O–H groups in total. The first-order valence-corrected chi connectivity index (χ1v) is 5.49. The molecule has 0 saturated carbocycles.